The first-order valence-electron chi connectivity index (χ1n) is 4.59. The van der Waals surface area contributed by atoms with Gasteiger partial charge < -0.3 is 14.9 Å². The fraction of sp³-hybridized carbons (Fsp3) is 0.556. The van der Waals surface area contributed by atoms with Gasteiger partial charge in [-0.05, 0) is 6.42 Å². The minimum Gasteiger partial charge on any atom is -0.479 e. The van der Waals surface area contributed by atoms with Crippen molar-refractivity contribution in [2.75, 3.05) is 13.2 Å². The average molecular weight is 214 g/mol. The van der Waals surface area contributed by atoms with Crippen LogP contribution in [0.3, 0.4) is 0 Å². The molecule has 1 aromatic heterocycles. The largest absolute Gasteiger partial charge is 0.479 e. The molecule has 15 heavy (non-hydrogen) atoms. The maximum absolute atomic E-state index is 10.9. The highest BCUT2D eigenvalue weighted by Crippen LogP contribution is 2.16. The van der Waals surface area contributed by atoms with Crippen LogP contribution < -0.4 is 0 Å². The number of hydrogen-bond acceptors (Lipinski definition) is 4. The molecule has 0 saturated carbocycles. The summed E-state index contributed by atoms with van der Waals surface area (Å²) in [6.07, 6.45) is 2.46. The van der Waals surface area contributed by atoms with Gasteiger partial charge in [-0.15, -0.1) is 0 Å². The number of aromatic nitrogens is 2. The fourth-order valence-electron chi connectivity index (χ4n) is 1.15. The molecule has 0 aliphatic carbocycles. The predicted molar refractivity (Wildman–Crippen MR) is 51.2 cm³/mol. The van der Waals surface area contributed by atoms with Gasteiger partial charge in [-0.3, -0.25) is 4.68 Å². The summed E-state index contributed by atoms with van der Waals surface area (Å²) >= 11 is 0. The molecule has 0 fully saturated rings. The van der Waals surface area contributed by atoms with E-state index in [4.69, 9.17) is 14.9 Å². The lowest BCUT2D eigenvalue weighted by atomic mass is 10.2. The number of aryl methyl sites for hydroxylation is 1. The van der Waals surface area contributed by atoms with E-state index >= 15 is 0 Å². The first-order chi connectivity index (χ1) is 7.15. The van der Waals surface area contributed by atoms with Crippen LogP contribution in [0, 0.1) is 0 Å². The molecule has 0 radical (unpaired) electrons. The van der Waals surface area contributed by atoms with Crippen molar-refractivity contribution in [3.05, 3.63) is 18.0 Å². The van der Waals surface area contributed by atoms with Gasteiger partial charge in [0.05, 0.1) is 12.8 Å². The molecular formula is C9H14N2O4. The van der Waals surface area contributed by atoms with Crippen LogP contribution in [0.1, 0.15) is 18.1 Å². The highest BCUT2D eigenvalue weighted by atomic mass is 16.5. The summed E-state index contributed by atoms with van der Waals surface area (Å²) in [4.78, 5) is 10.9. The lowest BCUT2D eigenvalue weighted by Crippen LogP contribution is -2.16. The van der Waals surface area contributed by atoms with Crippen molar-refractivity contribution < 1.29 is 19.7 Å². The number of rotatable bonds is 6. The third-order valence-electron chi connectivity index (χ3n) is 1.84. The lowest BCUT2D eigenvalue weighted by molar-refractivity contribution is -0.151. The number of carbonyl (C=O) groups is 1. The second-order valence-electron chi connectivity index (χ2n) is 3.11. The maximum Gasteiger partial charge on any atom is 0.337 e. The van der Waals surface area contributed by atoms with Crippen molar-refractivity contribution in [2.45, 2.75) is 12.5 Å². The fourth-order valence-corrected chi connectivity index (χ4v) is 1.15. The zero-order valence-corrected chi connectivity index (χ0v) is 8.46. The standard InChI is InChI=1S/C9H14N2O4/c1-11-6-7(5-10-11)8(9(13)14)15-4-2-3-12/h5-6,8,12H,2-4H2,1H3,(H,13,14). The van der Waals surface area contributed by atoms with Crippen molar-refractivity contribution in [3.8, 4) is 0 Å². The summed E-state index contributed by atoms with van der Waals surface area (Å²) in [6, 6.07) is 0. The second kappa shape index (κ2) is 5.47. The van der Waals surface area contributed by atoms with Gasteiger partial charge in [0.25, 0.3) is 0 Å². The molecule has 1 rings (SSSR count). The first kappa shape index (κ1) is 11.7. The molecule has 0 saturated heterocycles. The minimum absolute atomic E-state index is 0.0145. The quantitative estimate of drug-likeness (QED) is 0.648. The molecular weight excluding hydrogens is 200 g/mol. The molecule has 6 heteroatoms. The van der Waals surface area contributed by atoms with Crippen molar-refractivity contribution in [1.29, 1.82) is 0 Å². The number of nitrogens with zero attached hydrogens (tertiary/aromatic N) is 2. The van der Waals surface area contributed by atoms with Crippen LogP contribution >= 0.6 is 0 Å². The molecule has 0 spiro atoms. The Morgan fingerprint density at radius 3 is 2.93 bits per heavy atom. The van der Waals surface area contributed by atoms with Gasteiger partial charge in [-0.2, -0.15) is 5.10 Å². The van der Waals surface area contributed by atoms with E-state index in [1.54, 1.807) is 13.2 Å². The molecule has 1 atom stereocenters. The Hall–Kier alpha value is -1.40. The average Bonchev–Trinajstić information content (AvgIpc) is 2.59. The van der Waals surface area contributed by atoms with E-state index in [0.29, 0.717) is 12.0 Å². The summed E-state index contributed by atoms with van der Waals surface area (Å²) in [6.45, 7) is 0.196. The lowest BCUT2D eigenvalue weighted by Gasteiger charge is -2.10. The molecule has 2 N–H and O–H groups in total. The number of aliphatic hydroxyl groups excluding tert-OH is 1. The number of ether oxygens (including phenoxy) is 1. The third-order valence-corrected chi connectivity index (χ3v) is 1.84. The van der Waals surface area contributed by atoms with Crippen LogP contribution in [0.25, 0.3) is 0 Å². The van der Waals surface area contributed by atoms with Gasteiger partial charge in [0.1, 0.15) is 0 Å². The van der Waals surface area contributed by atoms with E-state index in [0.717, 1.165) is 0 Å². The number of carboxylic acids is 1. The smallest absolute Gasteiger partial charge is 0.337 e. The van der Waals surface area contributed by atoms with E-state index in [1.807, 2.05) is 0 Å². The van der Waals surface area contributed by atoms with E-state index in [9.17, 15) is 4.79 Å². The van der Waals surface area contributed by atoms with Gasteiger partial charge in [-0.25, -0.2) is 4.79 Å². The summed E-state index contributed by atoms with van der Waals surface area (Å²) in [5, 5.41) is 21.3. The molecule has 6 nitrogen and oxygen atoms in total. The minimum atomic E-state index is -1.05. The van der Waals surface area contributed by atoms with Crippen molar-refractivity contribution in [3.63, 3.8) is 0 Å². The van der Waals surface area contributed by atoms with Gasteiger partial charge in [0.15, 0.2) is 6.10 Å². The molecule has 0 amide bonds. The summed E-state index contributed by atoms with van der Waals surface area (Å²) < 4.78 is 6.65. The molecule has 1 aromatic rings. The SMILES string of the molecule is Cn1cc(C(OCCCO)C(=O)O)cn1. The zero-order valence-electron chi connectivity index (χ0n) is 8.46. The number of carboxylic acid groups (broad SMARTS) is 1. The molecule has 0 aliphatic rings. The van der Waals surface area contributed by atoms with Crippen LogP contribution in [0.2, 0.25) is 0 Å². The Bertz CT molecular complexity index is 324. The first-order valence-corrected chi connectivity index (χ1v) is 4.59. The monoisotopic (exact) mass is 214 g/mol. The van der Waals surface area contributed by atoms with Crippen molar-refractivity contribution in [1.82, 2.24) is 9.78 Å². The molecule has 0 bridgehead atoms. The van der Waals surface area contributed by atoms with Crippen LogP contribution in [0.4, 0.5) is 0 Å². The Morgan fingerprint density at radius 1 is 1.73 bits per heavy atom. The Kier molecular flexibility index (Phi) is 4.26. The number of aliphatic carboxylic acids is 1. The Labute approximate surface area is 87.1 Å². The van der Waals surface area contributed by atoms with Gasteiger partial charge in [0.2, 0.25) is 0 Å². The molecule has 1 unspecified atom stereocenters. The van der Waals surface area contributed by atoms with E-state index in [2.05, 4.69) is 5.10 Å². The van der Waals surface area contributed by atoms with Crippen LogP contribution in [0.15, 0.2) is 12.4 Å². The number of hydrogen-bond donors (Lipinski definition) is 2. The highest BCUT2D eigenvalue weighted by Gasteiger charge is 2.21. The maximum atomic E-state index is 10.9. The summed E-state index contributed by atoms with van der Waals surface area (Å²) in [7, 11) is 1.70. The van der Waals surface area contributed by atoms with E-state index < -0.39 is 12.1 Å². The van der Waals surface area contributed by atoms with Crippen molar-refractivity contribution in [2.24, 2.45) is 7.05 Å². The summed E-state index contributed by atoms with van der Waals surface area (Å²) in [5.41, 5.74) is 0.503. The number of aliphatic hydroxyl groups is 1. The van der Waals surface area contributed by atoms with Crippen LogP contribution in [-0.4, -0.2) is 39.2 Å². The molecule has 84 valence electrons. The van der Waals surface area contributed by atoms with Gasteiger partial charge in [-0.1, -0.05) is 0 Å². The summed E-state index contributed by atoms with van der Waals surface area (Å²) in [5.74, 6) is -1.05. The molecule has 0 aromatic carbocycles. The zero-order chi connectivity index (χ0) is 11.3. The van der Waals surface area contributed by atoms with E-state index in [-0.39, 0.29) is 13.2 Å². The van der Waals surface area contributed by atoms with Gasteiger partial charge in [0, 0.05) is 25.4 Å². The predicted octanol–water partition coefficient (Wildman–Crippen LogP) is -0.0552. The Balaban J connectivity index is 2.62. The second-order valence-corrected chi connectivity index (χ2v) is 3.11. The van der Waals surface area contributed by atoms with Crippen LogP contribution in [-0.2, 0) is 16.6 Å². The molecule has 0 aliphatic heterocycles. The van der Waals surface area contributed by atoms with Crippen LogP contribution in [0.5, 0.6) is 0 Å². The Morgan fingerprint density at radius 2 is 2.47 bits per heavy atom. The van der Waals surface area contributed by atoms with E-state index in [1.165, 1.54) is 10.9 Å². The highest BCUT2D eigenvalue weighted by molar-refractivity contribution is 5.74. The normalized spacial score (nSPS) is 12.7. The van der Waals surface area contributed by atoms with Crippen molar-refractivity contribution >= 4 is 5.97 Å². The topological polar surface area (TPSA) is 84.6 Å². The third kappa shape index (κ3) is 3.34. The van der Waals surface area contributed by atoms with Gasteiger partial charge >= 0.3 is 5.97 Å². The molecule has 1 heterocycles.